The van der Waals surface area contributed by atoms with Crippen molar-refractivity contribution in [1.29, 1.82) is 0 Å². The molecule has 0 radical (unpaired) electrons. The van der Waals surface area contributed by atoms with Crippen LogP contribution in [0.1, 0.15) is 27.7 Å². The molecule has 0 N–H and O–H groups in total. The molecule has 19 heavy (non-hydrogen) atoms. The van der Waals surface area contributed by atoms with Crippen LogP contribution in [-0.2, 0) is 4.74 Å². The van der Waals surface area contributed by atoms with Crippen LogP contribution in [0.15, 0.2) is 0 Å². The van der Waals surface area contributed by atoms with Gasteiger partial charge in [0.25, 0.3) is 0 Å². The van der Waals surface area contributed by atoms with Gasteiger partial charge in [-0.3, -0.25) is 4.90 Å². The number of hydrogen-bond acceptors (Lipinski definition) is 4. The van der Waals surface area contributed by atoms with E-state index in [0.717, 1.165) is 11.3 Å². The topological polar surface area (TPSA) is 42.4 Å². The molecule has 1 aromatic heterocycles. The van der Waals surface area contributed by atoms with Gasteiger partial charge in [0.1, 0.15) is 10.6 Å². The maximum atomic E-state index is 12.1. The van der Waals surface area contributed by atoms with E-state index in [1.807, 2.05) is 0 Å². The summed E-state index contributed by atoms with van der Waals surface area (Å²) in [4.78, 5) is 17.3. The first-order chi connectivity index (χ1) is 8.74. The summed E-state index contributed by atoms with van der Waals surface area (Å²) in [6, 6.07) is 0. The summed E-state index contributed by atoms with van der Waals surface area (Å²) in [5.41, 5.74) is -0.601. The summed E-state index contributed by atoms with van der Waals surface area (Å²) in [7, 11) is 0. The van der Waals surface area contributed by atoms with Crippen LogP contribution in [0.3, 0.4) is 0 Å². The van der Waals surface area contributed by atoms with Crippen molar-refractivity contribution in [3.63, 3.8) is 0 Å². The normalized spacial score (nSPS) is 10.6. The lowest BCUT2D eigenvalue weighted by Crippen LogP contribution is -2.36. The Hall–Kier alpha value is -0.960. The molecular formula is C12H14Cl2N2O2S. The molecule has 1 amide bonds. The molecule has 1 heterocycles. The van der Waals surface area contributed by atoms with Crippen LogP contribution in [0, 0.1) is 11.8 Å². The molecule has 7 heteroatoms. The third kappa shape index (κ3) is 4.90. The number of aromatic nitrogens is 1. The fourth-order valence-electron chi connectivity index (χ4n) is 1.13. The van der Waals surface area contributed by atoms with E-state index >= 15 is 0 Å². The lowest BCUT2D eigenvalue weighted by molar-refractivity contribution is 0.0586. The molecule has 4 nitrogen and oxygen atoms in total. The average molecular weight is 321 g/mol. The maximum absolute atomic E-state index is 12.1. The van der Waals surface area contributed by atoms with Crippen LogP contribution < -0.4 is 4.90 Å². The summed E-state index contributed by atoms with van der Waals surface area (Å²) in [5, 5.41) is 0.599. The van der Waals surface area contributed by atoms with Crippen molar-refractivity contribution in [2.24, 2.45) is 0 Å². The Labute approximate surface area is 126 Å². The van der Waals surface area contributed by atoms with Gasteiger partial charge in [-0.15, -0.1) is 5.92 Å². The molecular weight excluding hydrogens is 307 g/mol. The minimum absolute atomic E-state index is 0.166. The van der Waals surface area contributed by atoms with Gasteiger partial charge in [-0.05, 0) is 27.7 Å². The van der Waals surface area contributed by atoms with Crippen LogP contribution in [0.4, 0.5) is 9.80 Å². The van der Waals surface area contributed by atoms with Crippen LogP contribution in [0.5, 0.6) is 0 Å². The molecule has 1 rings (SSSR count). The summed E-state index contributed by atoms with van der Waals surface area (Å²) < 4.78 is 5.57. The molecule has 0 aliphatic heterocycles. The quantitative estimate of drug-likeness (QED) is 0.766. The van der Waals surface area contributed by atoms with Crippen molar-refractivity contribution < 1.29 is 9.53 Å². The Morgan fingerprint density at radius 2 is 2.11 bits per heavy atom. The second-order valence-electron chi connectivity index (χ2n) is 4.56. The van der Waals surface area contributed by atoms with Gasteiger partial charge in [0, 0.05) is 0 Å². The number of amides is 1. The third-order valence-electron chi connectivity index (χ3n) is 1.82. The zero-order valence-corrected chi connectivity index (χ0v) is 13.4. The number of anilines is 1. The zero-order valence-electron chi connectivity index (χ0n) is 11.1. The van der Waals surface area contributed by atoms with Crippen molar-refractivity contribution in [2.45, 2.75) is 33.3 Å². The van der Waals surface area contributed by atoms with Crippen molar-refractivity contribution in [3.05, 3.63) is 9.62 Å². The van der Waals surface area contributed by atoms with E-state index in [0.29, 0.717) is 5.00 Å². The van der Waals surface area contributed by atoms with Gasteiger partial charge in [0.15, 0.2) is 9.62 Å². The van der Waals surface area contributed by atoms with Gasteiger partial charge in [0.2, 0.25) is 0 Å². The third-order valence-corrected chi connectivity index (χ3v) is 3.37. The molecule has 0 fully saturated rings. The Kier molecular flexibility index (Phi) is 5.48. The summed E-state index contributed by atoms with van der Waals surface area (Å²) in [6.07, 6.45) is -0.530. The van der Waals surface area contributed by atoms with Crippen molar-refractivity contribution in [3.8, 4) is 11.8 Å². The van der Waals surface area contributed by atoms with Gasteiger partial charge < -0.3 is 4.74 Å². The summed E-state index contributed by atoms with van der Waals surface area (Å²) in [6.45, 7) is 7.22. The minimum atomic E-state index is -0.601. The van der Waals surface area contributed by atoms with Crippen molar-refractivity contribution in [2.75, 3.05) is 11.4 Å². The highest BCUT2D eigenvalue weighted by Gasteiger charge is 2.26. The predicted molar refractivity (Wildman–Crippen MR) is 79.2 cm³/mol. The second kappa shape index (κ2) is 6.47. The maximum Gasteiger partial charge on any atom is 0.416 e. The smallest absolute Gasteiger partial charge is 0.416 e. The van der Waals surface area contributed by atoms with Gasteiger partial charge in [-0.2, -0.15) is 0 Å². The Bertz CT molecular complexity index is 526. The number of carbonyl (C=O) groups excluding carboxylic acids is 1. The lowest BCUT2D eigenvalue weighted by Gasteiger charge is -2.25. The van der Waals surface area contributed by atoms with E-state index in [-0.39, 0.29) is 16.2 Å². The predicted octanol–water partition coefficient (Wildman–Crippen LogP) is 4.21. The largest absolute Gasteiger partial charge is 0.443 e. The monoisotopic (exact) mass is 320 g/mol. The van der Waals surface area contributed by atoms with E-state index in [1.54, 1.807) is 27.7 Å². The van der Waals surface area contributed by atoms with Gasteiger partial charge in [-0.25, -0.2) is 9.78 Å². The molecule has 1 aromatic rings. The van der Waals surface area contributed by atoms with E-state index in [4.69, 9.17) is 27.9 Å². The highest BCUT2D eigenvalue weighted by atomic mass is 35.5. The minimum Gasteiger partial charge on any atom is -0.443 e. The van der Waals surface area contributed by atoms with Gasteiger partial charge in [0.05, 0.1) is 6.54 Å². The first-order valence-electron chi connectivity index (χ1n) is 5.46. The molecule has 0 bridgehead atoms. The van der Waals surface area contributed by atoms with Crippen molar-refractivity contribution in [1.82, 2.24) is 4.98 Å². The Morgan fingerprint density at radius 3 is 2.53 bits per heavy atom. The second-order valence-corrected chi connectivity index (χ2v) is 6.47. The van der Waals surface area contributed by atoms with Crippen LogP contribution >= 0.6 is 34.5 Å². The first-order valence-corrected chi connectivity index (χ1v) is 7.04. The van der Waals surface area contributed by atoms with E-state index in [9.17, 15) is 4.79 Å². The number of hydrogen-bond donors (Lipinski definition) is 0. The first kappa shape index (κ1) is 16.1. The molecule has 0 saturated heterocycles. The van der Waals surface area contributed by atoms with Crippen molar-refractivity contribution >= 4 is 45.6 Å². The summed E-state index contributed by atoms with van der Waals surface area (Å²) in [5.74, 6) is 5.52. The molecule has 0 aliphatic rings. The molecule has 0 unspecified atom stereocenters. The highest BCUT2D eigenvalue weighted by molar-refractivity contribution is 7.20. The average Bonchev–Trinajstić information content (AvgIpc) is 2.56. The van der Waals surface area contributed by atoms with Crippen LogP contribution in [0.25, 0.3) is 0 Å². The van der Waals surface area contributed by atoms with Crippen LogP contribution in [-0.4, -0.2) is 23.2 Å². The molecule has 0 spiro atoms. The number of carbonyl (C=O) groups is 1. The molecule has 104 valence electrons. The standard InChI is InChI=1S/C12H14Cl2N2O2S/c1-5-6-7-16(11(17)18-12(2,3)4)9-8(13)15-10(14)19-9/h7H2,1-4H3. The number of ether oxygens (including phenoxy) is 1. The van der Waals surface area contributed by atoms with Gasteiger partial charge in [-0.1, -0.05) is 40.5 Å². The Morgan fingerprint density at radius 1 is 1.47 bits per heavy atom. The Balaban J connectivity index is 3.03. The van der Waals surface area contributed by atoms with E-state index in [1.165, 1.54) is 4.90 Å². The molecule has 0 saturated carbocycles. The summed E-state index contributed by atoms with van der Waals surface area (Å²) >= 11 is 12.8. The SMILES string of the molecule is CC#CCN(C(=O)OC(C)(C)C)c1sc(Cl)nc1Cl. The van der Waals surface area contributed by atoms with Gasteiger partial charge >= 0.3 is 6.09 Å². The van der Waals surface area contributed by atoms with Crippen LogP contribution in [0.2, 0.25) is 9.62 Å². The number of halogens is 2. The molecule has 0 aromatic carbocycles. The molecule has 0 aliphatic carbocycles. The van der Waals surface area contributed by atoms with E-state index in [2.05, 4.69) is 16.8 Å². The fourth-order valence-corrected chi connectivity index (χ4v) is 2.51. The number of rotatable bonds is 2. The fraction of sp³-hybridized carbons (Fsp3) is 0.500. The number of nitrogens with zero attached hydrogens (tertiary/aromatic N) is 2. The lowest BCUT2D eigenvalue weighted by atomic mass is 10.2. The zero-order chi connectivity index (χ0) is 14.6. The molecule has 0 atom stereocenters. The highest BCUT2D eigenvalue weighted by Crippen LogP contribution is 2.35. The number of thiazole rings is 1. The van der Waals surface area contributed by atoms with E-state index < -0.39 is 11.7 Å².